The zero-order chi connectivity index (χ0) is 18.4. The molecule has 5 nitrogen and oxygen atoms in total. The lowest BCUT2D eigenvalue weighted by Gasteiger charge is -2.26. The average molecular weight is 340 g/mol. The molecule has 0 saturated heterocycles. The highest BCUT2D eigenvalue weighted by atomic mass is 16.3. The van der Waals surface area contributed by atoms with Crippen molar-refractivity contribution in [1.82, 2.24) is 10.2 Å². The second-order valence-electron chi connectivity index (χ2n) is 6.16. The topological polar surface area (TPSA) is 62.6 Å². The number of hydrogen-bond donors (Lipinski definition) is 1. The number of carbonyl (C=O) groups excluding carboxylic acids is 2. The van der Waals surface area contributed by atoms with E-state index in [1.54, 1.807) is 17.0 Å². The highest BCUT2D eigenvalue weighted by molar-refractivity contribution is 5.94. The third kappa shape index (κ3) is 5.08. The first-order chi connectivity index (χ1) is 11.9. The fourth-order valence-electron chi connectivity index (χ4n) is 2.42. The SMILES string of the molecule is C=CC(=O)NCc1ccc(C(=O)N(Cc2ccc(C)o2)C(C)C)cc1. The standard InChI is InChI=1S/C20H24N2O3/c1-5-19(23)21-12-16-7-9-17(10-8-16)20(24)22(14(2)3)13-18-11-6-15(4)25-18/h5-11,14H,1,12-13H2,2-4H3,(H,21,23). The van der Waals surface area contributed by atoms with Gasteiger partial charge < -0.3 is 14.6 Å². The molecular weight excluding hydrogens is 316 g/mol. The lowest BCUT2D eigenvalue weighted by Crippen LogP contribution is -2.36. The molecule has 0 aliphatic heterocycles. The van der Waals surface area contributed by atoms with E-state index in [-0.39, 0.29) is 17.9 Å². The molecule has 0 spiro atoms. The maximum Gasteiger partial charge on any atom is 0.254 e. The molecule has 0 fully saturated rings. The van der Waals surface area contributed by atoms with E-state index in [9.17, 15) is 9.59 Å². The van der Waals surface area contributed by atoms with Crippen molar-refractivity contribution in [2.24, 2.45) is 0 Å². The van der Waals surface area contributed by atoms with Gasteiger partial charge in [-0.05, 0) is 56.7 Å². The van der Waals surface area contributed by atoms with E-state index < -0.39 is 0 Å². The van der Waals surface area contributed by atoms with Crippen LogP contribution >= 0.6 is 0 Å². The Kier molecular flexibility index (Phi) is 6.17. The zero-order valence-electron chi connectivity index (χ0n) is 14.9. The number of rotatable bonds is 7. The highest BCUT2D eigenvalue weighted by Gasteiger charge is 2.20. The van der Waals surface area contributed by atoms with Crippen LogP contribution in [0.2, 0.25) is 0 Å². The normalized spacial score (nSPS) is 10.6. The van der Waals surface area contributed by atoms with Gasteiger partial charge in [0.1, 0.15) is 11.5 Å². The summed E-state index contributed by atoms with van der Waals surface area (Å²) >= 11 is 0. The Hall–Kier alpha value is -2.82. The third-order valence-electron chi connectivity index (χ3n) is 3.86. The second kappa shape index (κ2) is 8.33. The van der Waals surface area contributed by atoms with Crippen LogP contribution in [0.15, 0.2) is 53.5 Å². The van der Waals surface area contributed by atoms with E-state index in [0.29, 0.717) is 18.7 Å². The van der Waals surface area contributed by atoms with Crippen molar-refractivity contribution in [3.63, 3.8) is 0 Å². The van der Waals surface area contributed by atoms with Gasteiger partial charge in [-0.25, -0.2) is 0 Å². The van der Waals surface area contributed by atoms with Gasteiger partial charge in [-0.1, -0.05) is 18.7 Å². The Bertz CT molecular complexity index is 745. The van der Waals surface area contributed by atoms with Gasteiger partial charge in [0, 0.05) is 18.2 Å². The Balaban J connectivity index is 2.08. The Labute approximate surface area is 148 Å². The molecule has 1 aromatic heterocycles. The smallest absolute Gasteiger partial charge is 0.254 e. The minimum atomic E-state index is -0.222. The Morgan fingerprint density at radius 1 is 1.20 bits per heavy atom. The van der Waals surface area contributed by atoms with Crippen LogP contribution in [0, 0.1) is 6.92 Å². The number of carbonyl (C=O) groups is 2. The highest BCUT2D eigenvalue weighted by Crippen LogP contribution is 2.16. The third-order valence-corrected chi connectivity index (χ3v) is 3.86. The summed E-state index contributed by atoms with van der Waals surface area (Å²) in [4.78, 5) is 25.8. The largest absolute Gasteiger partial charge is 0.464 e. The number of aryl methyl sites for hydroxylation is 1. The first-order valence-electron chi connectivity index (χ1n) is 8.26. The molecule has 2 rings (SSSR count). The van der Waals surface area contributed by atoms with E-state index in [1.807, 2.05) is 45.0 Å². The summed E-state index contributed by atoms with van der Waals surface area (Å²) in [6.07, 6.45) is 1.23. The first kappa shape index (κ1) is 18.5. The average Bonchev–Trinajstić information content (AvgIpc) is 3.02. The van der Waals surface area contributed by atoms with Crippen molar-refractivity contribution in [1.29, 1.82) is 0 Å². The summed E-state index contributed by atoms with van der Waals surface area (Å²) in [5.74, 6) is 1.32. The van der Waals surface area contributed by atoms with Crippen LogP contribution in [-0.4, -0.2) is 22.8 Å². The molecule has 1 N–H and O–H groups in total. The summed E-state index contributed by atoms with van der Waals surface area (Å²) in [6, 6.07) is 11.1. The molecule has 0 saturated carbocycles. The van der Waals surface area contributed by atoms with Crippen molar-refractivity contribution >= 4 is 11.8 Å². The number of furan rings is 1. The predicted molar refractivity (Wildman–Crippen MR) is 96.9 cm³/mol. The summed E-state index contributed by atoms with van der Waals surface area (Å²) in [7, 11) is 0. The number of nitrogens with one attached hydrogen (secondary N) is 1. The molecule has 0 bridgehead atoms. The molecule has 25 heavy (non-hydrogen) atoms. The van der Waals surface area contributed by atoms with Crippen molar-refractivity contribution in [3.8, 4) is 0 Å². The number of benzene rings is 1. The van der Waals surface area contributed by atoms with E-state index in [2.05, 4.69) is 11.9 Å². The maximum atomic E-state index is 12.8. The first-order valence-corrected chi connectivity index (χ1v) is 8.26. The van der Waals surface area contributed by atoms with E-state index in [4.69, 9.17) is 4.42 Å². The van der Waals surface area contributed by atoms with Crippen LogP contribution in [0.5, 0.6) is 0 Å². The monoisotopic (exact) mass is 340 g/mol. The molecule has 2 amide bonds. The second-order valence-corrected chi connectivity index (χ2v) is 6.16. The Morgan fingerprint density at radius 2 is 1.88 bits per heavy atom. The van der Waals surface area contributed by atoms with Crippen LogP contribution in [0.4, 0.5) is 0 Å². The van der Waals surface area contributed by atoms with Gasteiger partial charge >= 0.3 is 0 Å². The van der Waals surface area contributed by atoms with Gasteiger partial charge in [-0.15, -0.1) is 0 Å². The van der Waals surface area contributed by atoms with Crippen LogP contribution in [0.3, 0.4) is 0 Å². The molecule has 0 atom stereocenters. The molecule has 0 radical (unpaired) electrons. The van der Waals surface area contributed by atoms with E-state index in [0.717, 1.165) is 17.1 Å². The van der Waals surface area contributed by atoms with E-state index in [1.165, 1.54) is 6.08 Å². The molecule has 1 aromatic carbocycles. The lowest BCUT2D eigenvalue weighted by molar-refractivity contribution is -0.116. The van der Waals surface area contributed by atoms with Gasteiger partial charge in [0.15, 0.2) is 0 Å². The van der Waals surface area contributed by atoms with Crippen molar-refractivity contribution < 1.29 is 14.0 Å². The van der Waals surface area contributed by atoms with Crippen LogP contribution in [0.1, 0.15) is 41.3 Å². The van der Waals surface area contributed by atoms with Crippen molar-refractivity contribution in [3.05, 3.63) is 71.7 Å². The minimum absolute atomic E-state index is 0.0458. The molecule has 5 heteroatoms. The van der Waals surface area contributed by atoms with Gasteiger partial charge in [-0.3, -0.25) is 9.59 Å². The molecule has 0 aliphatic rings. The summed E-state index contributed by atoms with van der Waals surface area (Å²) < 4.78 is 5.59. The van der Waals surface area contributed by atoms with E-state index >= 15 is 0 Å². The van der Waals surface area contributed by atoms with Crippen LogP contribution in [0.25, 0.3) is 0 Å². The molecule has 0 aliphatic carbocycles. The van der Waals surface area contributed by atoms with Gasteiger partial charge in [0.25, 0.3) is 5.91 Å². The van der Waals surface area contributed by atoms with Crippen molar-refractivity contribution in [2.75, 3.05) is 0 Å². The van der Waals surface area contributed by atoms with Crippen LogP contribution in [-0.2, 0) is 17.9 Å². The predicted octanol–water partition coefficient (Wildman–Crippen LogP) is 3.44. The molecule has 2 aromatic rings. The lowest BCUT2D eigenvalue weighted by atomic mass is 10.1. The molecule has 1 heterocycles. The maximum absolute atomic E-state index is 12.8. The number of nitrogens with zero attached hydrogens (tertiary/aromatic N) is 1. The number of amides is 2. The van der Waals surface area contributed by atoms with Gasteiger partial charge in [-0.2, -0.15) is 0 Å². The minimum Gasteiger partial charge on any atom is -0.464 e. The van der Waals surface area contributed by atoms with Gasteiger partial charge in [0.05, 0.1) is 6.54 Å². The van der Waals surface area contributed by atoms with Crippen molar-refractivity contribution in [2.45, 2.75) is 39.9 Å². The van der Waals surface area contributed by atoms with Crippen LogP contribution < -0.4 is 5.32 Å². The summed E-state index contributed by atoms with van der Waals surface area (Å²) in [5, 5.41) is 2.71. The summed E-state index contributed by atoms with van der Waals surface area (Å²) in [5.41, 5.74) is 1.53. The zero-order valence-corrected chi connectivity index (χ0v) is 14.9. The van der Waals surface area contributed by atoms with Gasteiger partial charge in [0.2, 0.25) is 5.91 Å². The quantitative estimate of drug-likeness (QED) is 0.785. The molecular formula is C20H24N2O3. The molecule has 0 unspecified atom stereocenters. The Morgan fingerprint density at radius 3 is 2.40 bits per heavy atom. The fraction of sp³-hybridized carbons (Fsp3) is 0.300. The number of hydrogen-bond acceptors (Lipinski definition) is 3. The fourth-order valence-corrected chi connectivity index (χ4v) is 2.42. The molecule has 132 valence electrons. The summed E-state index contributed by atoms with van der Waals surface area (Å²) in [6.45, 7) is 10.1.